The van der Waals surface area contributed by atoms with Gasteiger partial charge in [-0.3, -0.25) is 9.59 Å². The fourth-order valence-electron chi connectivity index (χ4n) is 3.94. The average molecular weight is 458 g/mol. The monoisotopic (exact) mass is 457 g/mol. The topological polar surface area (TPSA) is 52.7 Å². The number of amides is 2. The molecule has 0 spiro atoms. The van der Waals surface area contributed by atoms with E-state index in [2.05, 4.69) is 12.2 Å². The zero-order valence-corrected chi connectivity index (χ0v) is 19.6. The number of halogens is 1. The van der Waals surface area contributed by atoms with E-state index >= 15 is 0 Å². The number of nitrogens with one attached hydrogen (secondary N) is 1. The van der Waals surface area contributed by atoms with Crippen LogP contribution in [0.3, 0.4) is 0 Å². The van der Waals surface area contributed by atoms with Crippen molar-refractivity contribution < 1.29 is 14.0 Å². The van der Waals surface area contributed by atoms with Crippen molar-refractivity contribution in [1.29, 1.82) is 0 Å². The third kappa shape index (κ3) is 4.71. The van der Waals surface area contributed by atoms with Crippen LogP contribution in [0.4, 0.5) is 21.5 Å². The van der Waals surface area contributed by atoms with E-state index in [1.807, 2.05) is 55.4 Å². The van der Waals surface area contributed by atoms with Gasteiger partial charge in [0.2, 0.25) is 0 Å². The Bertz CT molecular complexity index is 1210. The number of unbranched alkanes of at least 4 members (excludes halogenated alkanes) is 1. The molecule has 0 bridgehead atoms. The number of imide groups is 1. The summed E-state index contributed by atoms with van der Waals surface area (Å²) in [6.07, 6.45) is 3.13. The molecule has 6 heteroatoms. The summed E-state index contributed by atoms with van der Waals surface area (Å²) >= 11 is 0. The van der Waals surface area contributed by atoms with Gasteiger partial charge in [0.05, 0.1) is 11.3 Å². The Morgan fingerprint density at radius 2 is 1.50 bits per heavy atom. The summed E-state index contributed by atoms with van der Waals surface area (Å²) in [5, 5.41) is 3.14. The zero-order valence-electron chi connectivity index (χ0n) is 19.6. The van der Waals surface area contributed by atoms with Crippen LogP contribution in [-0.4, -0.2) is 25.9 Å². The molecule has 0 aromatic heterocycles. The van der Waals surface area contributed by atoms with Crippen molar-refractivity contribution in [3.63, 3.8) is 0 Å². The summed E-state index contributed by atoms with van der Waals surface area (Å²) in [6, 6.07) is 20.7. The number of carbonyl (C=O) groups excluding carboxylic acids is 2. The quantitative estimate of drug-likeness (QED) is 0.446. The molecule has 1 aliphatic rings. The summed E-state index contributed by atoms with van der Waals surface area (Å²) in [6.45, 7) is 2.14. The summed E-state index contributed by atoms with van der Waals surface area (Å²) in [7, 11) is 3.89. The van der Waals surface area contributed by atoms with Crippen molar-refractivity contribution in [3.05, 3.63) is 95.4 Å². The van der Waals surface area contributed by atoms with E-state index in [9.17, 15) is 14.0 Å². The number of carbonyl (C=O) groups is 2. The lowest BCUT2D eigenvalue weighted by Crippen LogP contribution is -2.32. The van der Waals surface area contributed by atoms with E-state index in [0.717, 1.165) is 30.5 Å². The van der Waals surface area contributed by atoms with Gasteiger partial charge in [-0.2, -0.15) is 0 Å². The van der Waals surface area contributed by atoms with Crippen LogP contribution >= 0.6 is 0 Å². The van der Waals surface area contributed by atoms with Crippen molar-refractivity contribution in [1.82, 2.24) is 0 Å². The Hall–Kier alpha value is -3.93. The lowest BCUT2D eigenvalue weighted by molar-refractivity contribution is -0.120. The van der Waals surface area contributed by atoms with Gasteiger partial charge in [-0.15, -0.1) is 0 Å². The molecule has 3 aromatic rings. The molecule has 0 saturated heterocycles. The summed E-state index contributed by atoms with van der Waals surface area (Å²) in [5.74, 6) is -1.29. The van der Waals surface area contributed by atoms with E-state index in [0.29, 0.717) is 16.9 Å². The lowest BCUT2D eigenvalue weighted by atomic mass is 10.0. The molecule has 34 heavy (non-hydrogen) atoms. The molecule has 0 atom stereocenters. The van der Waals surface area contributed by atoms with Crippen LogP contribution in [0.5, 0.6) is 0 Å². The Balaban J connectivity index is 1.70. The van der Waals surface area contributed by atoms with Crippen molar-refractivity contribution >= 4 is 34.4 Å². The van der Waals surface area contributed by atoms with Crippen LogP contribution in [0, 0.1) is 5.82 Å². The number of benzene rings is 3. The van der Waals surface area contributed by atoms with Crippen LogP contribution in [0.1, 0.15) is 30.9 Å². The van der Waals surface area contributed by atoms with Gasteiger partial charge in [0, 0.05) is 25.5 Å². The molecule has 3 aromatic carbocycles. The Kier molecular flexibility index (Phi) is 6.77. The van der Waals surface area contributed by atoms with Gasteiger partial charge in [0.1, 0.15) is 11.5 Å². The van der Waals surface area contributed by atoms with Crippen molar-refractivity contribution in [2.24, 2.45) is 0 Å². The van der Waals surface area contributed by atoms with E-state index < -0.39 is 17.6 Å². The Morgan fingerprint density at radius 3 is 2.09 bits per heavy atom. The minimum atomic E-state index is -0.442. The predicted octanol–water partition coefficient (Wildman–Crippen LogP) is 5.63. The molecule has 0 radical (unpaired) electrons. The van der Waals surface area contributed by atoms with Gasteiger partial charge in [-0.1, -0.05) is 37.6 Å². The van der Waals surface area contributed by atoms with E-state index in [1.54, 1.807) is 12.1 Å². The smallest absolute Gasteiger partial charge is 0.282 e. The van der Waals surface area contributed by atoms with Crippen LogP contribution in [0.2, 0.25) is 0 Å². The van der Waals surface area contributed by atoms with Gasteiger partial charge in [0.25, 0.3) is 11.8 Å². The molecular formula is C28H28FN3O2. The highest BCUT2D eigenvalue weighted by molar-refractivity contribution is 6.46. The number of nitrogens with zero attached hydrogens (tertiary/aromatic N) is 2. The first-order valence-electron chi connectivity index (χ1n) is 11.4. The molecule has 1 N–H and O–H groups in total. The highest BCUT2D eigenvalue weighted by atomic mass is 19.1. The number of hydrogen-bond acceptors (Lipinski definition) is 4. The highest BCUT2D eigenvalue weighted by Crippen LogP contribution is 2.34. The SMILES string of the molecule is CCCCc1ccc(N2C(=O)C(Nc3ccc(N(C)C)cc3)=C(c3ccc(F)cc3)C2=O)cc1. The number of aryl methyl sites for hydroxylation is 1. The molecular weight excluding hydrogens is 429 g/mol. The normalized spacial score (nSPS) is 13.6. The third-order valence-corrected chi connectivity index (χ3v) is 5.88. The fourth-order valence-corrected chi connectivity index (χ4v) is 3.94. The maximum Gasteiger partial charge on any atom is 0.282 e. The van der Waals surface area contributed by atoms with Gasteiger partial charge in [-0.25, -0.2) is 9.29 Å². The molecule has 0 fully saturated rings. The van der Waals surface area contributed by atoms with Crippen LogP contribution in [0.25, 0.3) is 5.57 Å². The van der Waals surface area contributed by atoms with E-state index in [4.69, 9.17) is 0 Å². The standard InChI is InChI=1S/C28H28FN3O2/c1-4-5-6-19-7-15-24(16-8-19)32-27(33)25(20-9-11-21(29)12-10-20)26(28(32)34)30-22-13-17-23(18-14-22)31(2)3/h7-18,30H,4-6H2,1-3H3. The van der Waals surface area contributed by atoms with Gasteiger partial charge in [0.15, 0.2) is 0 Å². The van der Waals surface area contributed by atoms with Gasteiger partial charge in [-0.05, 0) is 72.5 Å². The fraction of sp³-hybridized carbons (Fsp3) is 0.214. The molecule has 0 aliphatic carbocycles. The number of hydrogen-bond donors (Lipinski definition) is 1. The van der Waals surface area contributed by atoms with Crippen LogP contribution in [0.15, 0.2) is 78.5 Å². The first kappa shape index (κ1) is 23.2. The number of anilines is 3. The maximum absolute atomic E-state index is 13.6. The number of rotatable bonds is 8. The van der Waals surface area contributed by atoms with Gasteiger partial charge < -0.3 is 10.2 Å². The minimum Gasteiger partial charge on any atom is -0.378 e. The summed E-state index contributed by atoms with van der Waals surface area (Å²) < 4.78 is 13.6. The summed E-state index contributed by atoms with van der Waals surface area (Å²) in [5.41, 5.74) is 4.23. The second kappa shape index (κ2) is 9.91. The molecule has 5 nitrogen and oxygen atoms in total. The van der Waals surface area contributed by atoms with Crippen LogP contribution < -0.4 is 15.1 Å². The maximum atomic E-state index is 13.6. The first-order valence-corrected chi connectivity index (χ1v) is 11.4. The molecule has 174 valence electrons. The first-order chi connectivity index (χ1) is 16.4. The Labute approximate surface area is 199 Å². The minimum absolute atomic E-state index is 0.171. The van der Waals surface area contributed by atoms with Crippen LogP contribution in [-0.2, 0) is 16.0 Å². The molecule has 4 rings (SSSR count). The molecule has 1 heterocycles. The largest absolute Gasteiger partial charge is 0.378 e. The predicted molar refractivity (Wildman–Crippen MR) is 135 cm³/mol. The second-order valence-corrected chi connectivity index (χ2v) is 8.54. The second-order valence-electron chi connectivity index (χ2n) is 8.54. The third-order valence-electron chi connectivity index (χ3n) is 5.88. The zero-order chi connectivity index (χ0) is 24.2. The molecule has 1 aliphatic heterocycles. The molecule has 0 saturated carbocycles. The highest BCUT2D eigenvalue weighted by Gasteiger charge is 2.40. The van der Waals surface area contributed by atoms with Crippen molar-refractivity contribution in [2.45, 2.75) is 26.2 Å². The van der Waals surface area contributed by atoms with Crippen molar-refractivity contribution in [2.75, 3.05) is 29.2 Å². The van der Waals surface area contributed by atoms with Crippen molar-refractivity contribution in [3.8, 4) is 0 Å². The van der Waals surface area contributed by atoms with E-state index in [1.165, 1.54) is 29.2 Å². The average Bonchev–Trinajstić information content (AvgIpc) is 3.08. The van der Waals surface area contributed by atoms with Gasteiger partial charge >= 0.3 is 0 Å². The summed E-state index contributed by atoms with van der Waals surface area (Å²) in [4.78, 5) is 30.2. The lowest BCUT2D eigenvalue weighted by Gasteiger charge is -2.16. The molecule has 0 unspecified atom stereocenters. The Morgan fingerprint density at radius 1 is 0.853 bits per heavy atom. The van der Waals surface area contributed by atoms with E-state index in [-0.39, 0.29) is 11.3 Å². The molecule has 2 amide bonds.